The van der Waals surface area contributed by atoms with Gasteiger partial charge in [0.2, 0.25) is 0 Å². The molecule has 0 aliphatic carbocycles. The summed E-state index contributed by atoms with van der Waals surface area (Å²) in [5.74, 6) is 0.468. The van der Waals surface area contributed by atoms with Gasteiger partial charge in [-0.1, -0.05) is 20.4 Å². The highest BCUT2D eigenvalue weighted by atomic mass is 19.1. The summed E-state index contributed by atoms with van der Waals surface area (Å²) in [6.07, 6.45) is -2.62. The maximum Gasteiger partial charge on any atom is 0.351 e. The largest absolute Gasteiger partial charge is 0.491 e. The van der Waals surface area contributed by atoms with E-state index in [-0.39, 0.29) is 11.7 Å². The number of ether oxygens (including phenoxy) is 2. The van der Waals surface area contributed by atoms with Crippen LogP contribution in [-0.2, 0) is 9.47 Å². The van der Waals surface area contributed by atoms with Gasteiger partial charge in [-0.3, -0.25) is 4.57 Å². The minimum atomic E-state index is -1.28. The number of nitrogens with two attached hydrogens (primary N) is 2. The van der Waals surface area contributed by atoms with E-state index in [1.54, 1.807) is 6.92 Å². The van der Waals surface area contributed by atoms with Crippen LogP contribution in [0.2, 0.25) is 0 Å². The van der Waals surface area contributed by atoms with Crippen molar-refractivity contribution in [1.29, 1.82) is 0 Å². The smallest absolute Gasteiger partial charge is 0.351 e. The molecule has 9 heteroatoms. The van der Waals surface area contributed by atoms with Crippen LogP contribution in [0.4, 0.5) is 10.2 Å². The Labute approximate surface area is 152 Å². The van der Waals surface area contributed by atoms with Gasteiger partial charge < -0.3 is 26.0 Å². The van der Waals surface area contributed by atoms with E-state index in [0.717, 1.165) is 4.57 Å². The fourth-order valence-electron chi connectivity index (χ4n) is 2.38. The first-order valence-electron chi connectivity index (χ1n) is 8.43. The number of hydrogen-bond acceptors (Lipinski definition) is 7. The summed E-state index contributed by atoms with van der Waals surface area (Å²) in [5.41, 5.74) is 10.7. The van der Waals surface area contributed by atoms with Crippen molar-refractivity contribution in [2.45, 2.75) is 58.3 Å². The molecule has 0 aliphatic rings. The topological polar surface area (TPSA) is 126 Å². The van der Waals surface area contributed by atoms with Gasteiger partial charge in [0.25, 0.3) is 0 Å². The van der Waals surface area contributed by atoms with Crippen LogP contribution >= 0.6 is 0 Å². The second-order valence-corrected chi connectivity index (χ2v) is 6.55. The van der Waals surface area contributed by atoms with Crippen LogP contribution in [0.1, 0.15) is 33.9 Å². The number of rotatable bonds is 10. The van der Waals surface area contributed by atoms with E-state index in [9.17, 15) is 14.3 Å². The number of nitrogen functional groups attached to an aromatic ring is 1. The van der Waals surface area contributed by atoms with Gasteiger partial charge in [0, 0.05) is 6.20 Å². The van der Waals surface area contributed by atoms with E-state index >= 15 is 0 Å². The SMILES string of the molecule is C=C(O[C@@H](C)[C@@H](O[C@H](CF)n1ccc(N)nc1=O)[C@H](C)O)[C@@H](N)C(C)C. The van der Waals surface area contributed by atoms with Gasteiger partial charge in [0.1, 0.15) is 30.5 Å². The van der Waals surface area contributed by atoms with E-state index in [2.05, 4.69) is 11.6 Å². The van der Waals surface area contributed by atoms with E-state index in [1.807, 2.05) is 13.8 Å². The zero-order valence-corrected chi connectivity index (χ0v) is 15.6. The molecule has 0 bridgehead atoms. The first kappa shape index (κ1) is 22.1. The maximum atomic E-state index is 13.5. The number of nitrogens with zero attached hydrogens (tertiary/aromatic N) is 2. The molecule has 1 aromatic heterocycles. The zero-order chi connectivity index (χ0) is 20.0. The van der Waals surface area contributed by atoms with Crippen molar-refractivity contribution in [3.05, 3.63) is 35.1 Å². The van der Waals surface area contributed by atoms with Crippen LogP contribution in [0.3, 0.4) is 0 Å². The van der Waals surface area contributed by atoms with Crippen molar-refractivity contribution < 1.29 is 19.0 Å². The number of halogens is 1. The molecule has 5 atom stereocenters. The van der Waals surface area contributed by atoms with Crippen molar-refractivity contribution in [3.63, 3.8) is 0 Å². The fourth-order valence-corrected chi connectivity index (χ4v) is 2.38. The number of alkyl halides is 1. The van der Waals surface area contributed by atoms with Crippen LogP contribution in [-0.4, -0.2) is 45.7 Å². The average molecular weight is 372 g/mol. The summed E-state index contributed by atoms with van der Waals surface area (Å²) in [6.45, 7) is 9.77. The van der Waals surface area contributed by atoms with Gasteiger partial charge in [-0.05, 0) is 25.8 Å². The van der Waals surface area contributed by atoms with Gasteiger partial charge in [0.15, 0.2) is 6.23 Å². The normalized spacial score (nSPS) is 17.4. The van der Waals surface area contributed by atoms with Crippen LogP contribution < -0.4 is 17.2 Å². The molecule has 1 rings (SSSR count). The van der Waals surface area contributed by atoms with Crippen molar-refractivity contribution >= 4 is 5.82 Å². The highest BCUT2D eigenvalue weighted by Crippen LogP contribution is 2.20. The third kappa shape index (κ3) is 5.79. The molecule has 148 valence electrons. The third-order valence-corrected chi connectivity index (χ3v) is 3.97. The van der Waals surface area contributed by atoms with Gasteiger partial charge >= 0.3 is 5.69 Å². The second kappa shape index (κ2) is 9.65. The maximum absolute atomic E-state index is 13.5. The molecule has 1 heterocycles. The molecule has 0 saturated carbocycles. The Kier molecular flexibility index (Phi) is 8.19. The molecular weight excluding hydrogens is 343 g/mol. The van der Waals surface area contributed by atoms with Gasteiger partial charge in [-0.2, -0.15) is 4.98 Å². The lowest BCUT2D eigenvalue weighted by Gasteiger charge is -2.32. The molecule has 5 N–H and O–H groups in total. The van der Waals surface area contributed by atoms with Gasteiger partial charge in [-0.15, -0.1) is 0 Å². The Bertz CT molecular complexity index is 650. The highest BCUT2D eigenvalue weighted by Gasteiger charge is 2.30. The third-order valence-electron chi connectivity index (χ3n) is 3.97. The van der Waals surface area contributed by atoms with Crippen molar-refractivity contribution in [2.75, 3.05) is 12.4 Å². The van der Waals surface area contributed by atoms with E-state index in [1.165, 1.54) is 19.2 Å². The minimum Gasteiger partial charge on any atom is -0.491 e. The number of anilines is 1. The van der Waals surface area contributed by atoms with Crippen molar-refractivity contribution in [2.24, 2.45) is 11.7 Å². The summed E-state index contributed by atoms with van der Waals surface area (Å²) in [4.78, 5) is 15.4. The molecule has 0 spiro atoms. The molecule has 8 nitrogen and oxygen atoms in total. The van der Waals surface area contributed by atoms with E-state index < -0.39 is 42.9 Å². The van der Waals surface area contributed by atoms with Gasteiger partial charge in [0.05, 0.1) is 12.1 Å². The Morgan fingerprint density at radius 2 is 2.04 bits per heavy atom. The Balaban J connectivity index is 2.94. The summed E-state index contributed by atoms with van der Waals surface area (Å²) in [7, 11) is 0. The molecule has 26 heavy (non-hydrogen) atoms. The zero-order valence-electron chi connectivity index (χ0n) is 15.6. The average Bonchev–Trinajstić information content (AvgIpc) is 2.55. The number of aliphatic hydroxyl groups is 1. The summed E-state index contributed by atoms with van der Waals surface area (Å²) in [6, 6.07) is 0.960. The van der Waals surface area contributed by atoms with Crippen LogP contribution in [0.5, 0.6) is 0 Å². The first-order valence-corrected chi connectivity index (χ1v) is 8.43. The summed E-state index contributed by atoms with van der Waals surface area (Å²) < 4.78 is 25.8. The number of aliphatic hydroxyl groups excluding tert-OH is 1. The van der Waals surface area contributed by atoms with Crippen molar-refractivity contribution in [3.8, 4) is 0 Å². The Hall–Kier alpha value is -1.97. The monoisotopic (exact) mass is 372 g/mol. The highest BCUT2D eigenvalue weighted by molar-refractivity contribution is 5.23. The minimum absolute atomic E-state index is 0.0200. The van der Waals surface area contributed by atoms with E-state index in [4.69, 9.17) is 20.9 Å². The van der Waals surface area contributed by atoms with Crippen molar-refractivity contribution in [1.82, 2.24) is 9.55 Å². The van der Waals surface area contributed by atoms with E-state index in [0.29, 0.717) is 5.76 Å². The molecule has 0 aromatic carbocycles. The second-order valence-electron chi connectivity index (χ2n) is 6.55. The molecule has 0 unspecified atom stereocenters. The number of hydrogen-bond donors (Lipinski definition) is 3. The number of aromatic nitrogens is 2. The summed E-state index contributed by atoms with van der Waals surface area (Å²) >= 11 is 0. The molecular formula is C17H29FN4O4. The Morgan fingerprint density at radius 1 is 1.42 bits per heavy atom. The molecule has 0 amide bonds. The molecule has 1 aromatic rings. The predicted octanol–water partition coefficient (Wildman–Crippen LogP) is 0.962. The van der Waals surface area contributed by atoms with Gasteiger partial charge in [-0.25, -0.2) is 9.18 Å². The van der Waals surface area contributed by atoms with Crippen LogP contribution in [0, 0.1) is 5.92 Å². The first-order chi connectivity index (χ1) is 12.1. The quantitative estimate of drug-likeness (QED) is 0.522. The lowest BCUT2D eigenvalue weighted by atomic mass is 10.0. The molecule has 0 fully saturated rings. The van der Waals surface area contributed by atoms with Crippen LogP contribution in [0.15, 0.2) is 29.4 Å². The predicted molar refractivity (Wildman–Crippen MR) is 97.0 cm³/mol. The molecule has 0 aliphatic heterocycles. The molecule has 0 saturated heterocycles. The summed E-state index contributed by atoms with van der Waals surface area (Å²) in [5, 5.41) is 10.0. The lowest BCUT2D eigenvalue weighted by Crippen LogP contribution is -2.43. The lowest BCUT2D eigenvalue weighted by molar-refractivity contribution is -0.153. The standard InChI is InChI=1S/C17H29FN4O4/c1-9(2)15(20)11(4)25-12(5)16(10(3)23)26-14(8-18)22-7-6-13(19)21-17(22)24/h6-7,9-10,12,14-16,23H,4,8,20H2,1-3,5H3,(H2,19,21,24)/t10-,12-,14+,15-,16-/m0/s1. The molecule has 0 radical (unpaired) electrons. The Morgan fingerprint density at radius 3 is 2.50 bits per heavy atom. The fraction of sp³-hybridized carbons (Fsp3) is 0.647. The van der Waals surface area contributed by atoms with Crippen LogP contribution in [0.25, 0.3) is 0 Å².